The summed E-state index contributed by atoms with van der Waals surface area (Å²) in [6.45, 7) is 1.94. The highest BCUT2D eigenvalue weighted by Crippen LogP contribution is 2.16. The van der Waals surface area contributed by atoms with E-state index in [0.29, 0.717) is 0 Å². The molecule has 0 saturated carbocycles. The number of rotatable bonds is 6. The molecule has 6 nitrogen and oxygen atoms in total. The van der Waals surface area contributed by atoms with E-state index in [0.717, 1.165) is 10.4 Å². The predicted octanol–water partition coefficient (Wildman–Crippen LogP) is 0.176. The molecule has 0 unspecified atom stereocenters. The van der Waals surface area contributed by atoms with Crippen LogP contribution in [0.2, 0.25) is 0 Å². The number of carbonyl (C=O) groups is 3. The fraction of sp³-hybridized carbons (Fsp3) is 0.308. The third-order valence-electron chi connectivity index (χ3n) is 2.57. The quantitative estimate of drug-likeness (QED) is 0.652. The van der Waals surface area contributed by atoms with Crippen LogP contribution >= 0.6 is 11.3 Å². The third-order valence-corrected chi connectivity index (χ3v) is 3.56. The lowest BCUT2D eigenvalue weighted by Gasteiger charge is -2.14. The van der Waals surface area contributed by atoms with E-state index in [2.05, 4.69) is 10.6 Å². The Hall–Kier alpha value is -2.15. The van der Waals surface area contributed by atoms with Gasteiger partial charge in [0.15, 0.2) is 0 Å². The number of amides is 3. The van der Waals surface area contributed by atoms with E-state index in [9.17, 15) is 14.4 Å². The van der Waals surface area contributed by atoms with Gasteiger partial charge < -0.3 is 16.4 Å². The van der Waals surface area contributed by atoms with Gasteiger partial charge in [-0.3, -0.25) is 14.4 Å². The average Bonchev–Trinajstić information content (AvgIpc) is 2.79. The van der Waals surface area contributed by atoms with Crippen molar-refractivity contribution in [3.05, 3.63) is 28.0 Å². The summed E-state index contributed by atoms with van der Waals surface area (Å²) in [6.07, 6.45) is 2.76. The van der Waals surface area contributed by atoms with Crippen LogP contribution < -0.4 is 16.4 Å². The van der Waals surface area contributed by atoms with Crippen LogP contribution in [0, 0.1) is 6.92 Å². The summed E-state index contributed by atoms with van der Waals surface area (Å²) in [5.74, 6) is -1.57. The molecule has 1 heterocycles. The number of hydrogen-bond acceptors (Lipinski definition) is 4. The van der Waals surface area contributed by atoms with Crippen LogP contribution in [0.25, 0.3) is 6.08 Å². The van der Waals surface area contributed by atoms with Crippen molar-refractivity contribution in [2.45, 2.75) is 19.4 Å². The first kappa shape index (κ1) is 15.9. The van der Waals surface area contributed by atoms with Gasteiger partial charge in [0.05, 0.1) is 6.42 Å². The average molecular weight is 295 g/mol. The Morgan fingerprint density at radius 2 is 2.15 bits per heavy atom. The Balaban J connectivity index is 2.66. The van der Waals surface area contributed by atoms with Crippen molar-refractivity contribution in [2.24, 2.45) is 5.73 Å². The van der Waals surface area contributed by atoms with Gasteiger partial charge in [0.25, 0.3) is 0 Å². The van der Waals surface area contributed by atoms with E-state index < -0.39 is 23.8 Å². The van der Waals surface area contributed by atoms with Gasteiger partial charge in [-0.05, 0) is 30.0 Å². The van der Waals surface area contributed by atoms with E-state index in [1.54, 1.807) is 6.08 Å². The zero-order chi connectivity index (χ0) is 15.1. The van der Waals surface area contributed by atoms with Crippen molar-refractivity contribution in [3.8, 4) is 0 Å². The molecule has 0 bridgehead atoms. The van der Waals surface area contributed by atoms with Gasteiger partial charge in [-0.25, -0.2) is 0 Å². The second-order valence-corrected chi connectivity index (χ2v) is 5.09. The molecular formula is C13H17N3O3S. The highest BCUT2D eigenvalue weighted by atomic mass is 32.1. The lowest BCUT2D eigenvalue weighted by molar-refractivity contribution is -0.129. The maximum absolute atomic E-state index is 11.7. The molecule has 7 heteroatoms. The highest BCUT2D eigenvalue weighted by molar-refractivity contribution is 7.11. The summed E-state index contributed by atoms with van der Waals surface area (Å²) in [5, 5.41) is 6.74. The molecule has 0 aliphatic carbocycles. The van der Waals surface area contributed by atoms with Gasteiger partial charge in [0, 0.05) is 18.0 Å². The summed E-state index contributed by atoms with van der Waals surface area (Å²) in [5.41, 5.74) is 6.11. The second-order valence-electron chi connectivity index (χ2n) is 4.15. The molecule has 4 N–H and O–H groups in total. The Labute approximate surface area is 121 Å². The third kappa shape index (κ3) is 4.85. The Bertz CT molecular complexity index is 537. The molecule has 108 valence electrons. The molecule has 1 atom stereocenters. The van der Waals surface area contributed by atoms with Gasteiger partial charge >= 0.3 is 0 Å². The largest absolute Gasteiger partial charge is 0.370 e. The predicted molar refractivity (Wildman–Crippen MR) is 77.9 cm³/mol. The van der Waals surface area contributed by atoms with Crippen molar-refractivity contribution in [1.29, 1.82) is 0 Å². The number of nitrogens with one attached hydrogen (secondary N) is 2. The van der Waals surface area contributed by atoms with Gasteiger partial charge in [-0.1, -0.05) is 0 Å². The van der Waals surface area contributed by atoms with E-state index in [1.165, 1.54) is 24.5 Å². The summed E-state index contributed by atoms with van der Waals surface area (Å²) < 4.78 is 0. The molecule has 1 rings (SSSR count). The van der Waals surface area contributed by atoms with Crippen molar-refractivity contribution < 1.29 is 14.4 Å². The molecule has 1 aromatic rings. The fourth-order valence-corrected chi connectivity index (χ4v) is 2.33. The van der Waals surface area contributed by atoms with Crippen molar-refractivity contribution >= 4 is 35.1 Å². The SMILES string of the molecule is CNC(=O)[C@H](CC(N)=O)NC(=O)C=Cc1sccc1C. The maximum Gasteiger partial charge on any atom is 0.244 e. The number of hydrogen-bond donors (Lipinski definition) is 3. The minimum Gasteiger partial charge on any atom is -0.370 e. The molecule has 0 aliphatic heterocycles. The normalized spacial score (nSPS) is 12.1. The highest BCUT2D eigenvalue weighted by Gasteiger charge is 2.20. The van der Waals surface area contributed by atoms with Crippen LogP contribution in [0.15, 0.2) is 17.5 Å². The molecule has 0 saturated heterocycles. The van der Waals surface area contributed by atoms with Gasteiger partial charge in [-0.2, -0.15) is 0 Å². The van der Waals surface area contributed by atoms with E-state index in [4.69, 9.17) is 5.73 Å². The molecule has 20 heavy (non-hydrogen) atoms. The second kappa shape index (κ2) is 7.44. The van der Waals surface area contributed by atoms with Crippen LogP contribution in [0.3, 0.4) is 0 Å². The lowest BCUT2D eigenvalue weighted by atomic mass is 10.2. The first-order valence-corrected chi connectivity index (χ1v) is 6.84. The number of thiophene rings is 1. The monoisotopic (exact) mass is 295 g/mol. The van der Waals surface area contributed by atoms with Crippen LogP contribution in [-0.4, -0.2) is 30.8 Å². The Morgan fingerprint density at radius 3 is 2.65 bits per heavy atom. The topological polar surface area (TPSA) is 101 Å². The van der Waals surface area contributed by atoms with Crippen LogP contribution in [0.5, 0.6) is 0 Å². The number of aryl methyl sites for hydroxylation is 1. The zero-order valence-electron chi connectivity index (χ0n) is 11.3. The maximum atomic E-state index is 11.7. The smallest absolute Gasteiger partial charge is 0.244 e. The van der Waals surface area contributed by atoms with Gasteiger partial charge in [0.1, 0.15) is 6.04 Å². The summed E-state index contributed by atoms with van der Waals surface area (Å²) in [7, 11) is 1.42. The molecule has 3 amide bonds. The number of primary amides is 1. The van der Waals surface area contributed by atoms with Crippen molar-refractivity contribution in [3.63, 3.8) is 0 Å². The standard InChI is InChI=1S/C13H17N3O3S/c1-8-5-6-20-10(8)3-4-12(18)16-9(7-11(14)17)13(19)15-2/h3-6,9H,7H2,1-2H3,(H2,14,17)(H,15,19)(H,16,18)/t9-/m0/s1. The molecule has 0 spiro atoms. The molecular weight excluding hydrogens is 278 g/mol. The molecule has 0 fully saturated rings. The Kier molecular flexibility index (Phi) is 5.92. The minimum atomic E-state index is -0.959. The molecule has 1 aromatic heterocycles. The van der Waals surface area contributed by atoms with E-state index >= 15 is 0 Å². The molecule has 0 radical (unpaired) electrons. The van der Waals surface area contributed by atoms with Crippen molar-refractivity contribution in [2.75, 3.05) is 7.05 Å². The zero-order valence-corrected chi connectivity index (χ0v) is 12.1. The minimum absolute atomic E-state index is 0.239. The summed E-state index contributed by atoms with van der Waals surface area (Å²) >= 11 is 1.51. The number of carbonyl (C=O) groups excluding carboxylic acids is 3. The van der Waals surface area contributed by atoms with Gasteiger partial charge in [0.2, 0.25) is 17.7 Å². The Morgan fingerprint density at radius 1 is 1.45 bits per heavy atom. The van der Waals surface area contributed by atoms with Crippen LogP contribution in [0.1, 0.15) is 16.9 Å². The van der Waals surface area contributed by atoms with Gasteiger partial charge in [-0.15, -0.1) is 11.3 Å². The van der Waals surface area contributed by atoms with E-state index in [-0.39, 0.29) is 6.42 Å². The summed E-state index contributed by atoms with van der Waals surface area (Å²) in [6, 6.07) is 0.988. The van der Waals surface area contributed by atoms with E-state index in [1.807, 2.05) is 18.4 Å². The van der Waals surface area contributed by atoms with Crippen LogP contribution in [0.4, 0.5) is 0 Å². The number of nitrogens with two attached hydrogens (primary N) is 1. The summed E-state index contributed by atoms with van der Waals surface area (Å²) in [4.78, 5) is 35.1. The van der Waals surface area contributed by atoms with Crippen LogP contribution in [-0.2, 0) is 14.4 Å². The molecule has 0 aromatic carbocycles. The first-order valence-electron chi connectivity index (χ1n) is 5.96. The first-order chi connectivity index (χ1) is 9.43. The van der Waals surface area contributed by atoms with Crippen molar-refractivity contribution in [1.82, 2.24) is 10.6 Å². The fourth-order valence-electron chi connectivity index (χ4n) is 1.51. The molecule has 0 aliphatic rings. The lowest BCUT2D eigenvalue weighted by Crippen LogP contribution is -2.47. The number of likely N-dealkylation sites (N-methyl/N-ethyl adjacent to an activating group) is 1.